The minimum absolute atomic E-state index is 0.0761. The van der Waals surface area contributed by atoms with E-state index in [2.05, 4.69) is 12.6 Å². The molecule has 148 valence electrons. The first-order chi connectivity index (χ1) is 12.4. The molecule has 1 aromatic carbocycles. The number of halogens is 4. The summed E-state index contributed by atoms with van der Waals surface area (Å²) < 4.78 is 58.6. The van der Waals surface area contributed by atoms with Crippen LogP contribution in [0.1, 0.15) is 68.1 Å². The van der Waals surface area contributed by atoms with Crippen molar-refractivity contribution >= 4 is 24.3 Å². The molecule has 0 unspecified atom stereocenters. The molecular weight excluding hydrogens is 370 g/mol. The Balaban J connectivity index is 2.28. The van der Waals surface area contributed by atoms with E-state index >= 15 is 0 Å². The Labute approximate surface area is 156 Å². The van der Waals surface area contributed by atoms with Crippen molar-refractivity contribution in [3.05, 3.63) is 28.8 Å². The molecule has 0 fully saturated rings. The van der Waals surface area contributed by atoms with Gasteiger partial charge >= 0.3 is 5.97 Å². The quantitative estimate of drug-likeness (QED) is 0.124. The van der Waals surface area contributed by atoms with E-state index in [0.717, 1.165) is 37.9 Å². The standard InChI is InChI=1S/C18H25F4NO2S/c19-13-12(14(20)16(22)17(23)15(13)21)18(24)25-10-8-6-4-2-1-3-5-7-9-11-26/h26H,1-11,23H2. The summed E-state index contributed by atoms with van der Waals surface area (Å²) in [4.78, 5) is 11.7. The van der Waals surface area contributed by atoms with E-state index in [9.17, 15) is 22.4 Å². The molecule has 0 bridgehead atoms. The first-order valence-electron chi connectivity index (χ1n) is 8.81. The molecule has 2 N–H and O–H groups in total. The maximum Gasteiger partial charge on any atom is 0.344 e. The van der Waals surface area contributed by atoms with Crippen molar-refractivity contribution in [2.45, 2.75) is 57.8 Å². The number of nitrogen functional groups attached to an aromatic ring is 1. The molecule has 0 radical (unpaired) electrons. The minimum Gasteiger partial charge on any atom is -0.462 e. The number of anilines is 1. The number of unbranched alkanes of at least 4 members (excludes halogenated alkanes) is 8. The summed E-state index contributed by atoms with van der Waals surface area (Å²) >= 11 is 4.15. The van der Waals surface area contributed by atoms with Gasteiger partial charge in [-0.2, -0.15) is 12.6 Å². The number of hydrogen-bond donors (Lipinski definition) is 2. The summed E-state index contributed by atoms with van der Waals surface area (Å²) in [7, 11) is 0. The lowest BCUT2D eigenvalue weighted by atomic mass is 10.1. The van der Waals surface area contributed by atoms with Crippen LogP contribution in [0.25, 0.3) is 0 Å². The van der Waals surface area contributed by atoms with Gasteiger partial charge in [0.2, 0.25) is 0 Å². The van der Waals surface area contributed by atoms with Crippen LogP contribution in [-0.2, 0) is 4.74 Å². The summed E-state index contributed by atoms with van der Waals surface area (Å²) in [5.41, 5.74) is 2.18. The predicted octanol–water partition coefficient (Wildman–Crippen LogP) is 5.42. The highest BCUT2D eigenvalue weighted by atomic mass is 32.1. The Morgan fingerprint density at radius 1 is 0.769 bits per heavy atom. The first-order valence-corrected chi connectivity index (χ1v) is 9.44. The Kier molecular flexibility index (Phi) is 10.5. The Morgan fingerprint density at radius 3 is 1.65 bits per heavy atom. The molecule has 1 rings (SSSR count). The molecule has 0 aromatic heterocycles. The minimum atomic E-state index is -1.84. The third-order valence-electron chi connectivity index (χ3n) is 4.04. The molecule has 0 spiro atoms. The average Bonchev–Trinajstić information content (AvgIpc) is 2.63. The van der Waals surface area contributed by atoms with E-state index in [4.69, 9.17) is 10.5 Å². The van der Waals surface area contributed by atoms with Gasteiger partial charge in [-0.15, -0.1) is 0 Å². The molecular formula is C18H25F4NO2S. The van der Waals surface area contributed by atoms with Gasteiger partial charge in [0.25, 0.3) is 0 Å². The molecule has 0 heterocycles. The fraction of sp³-hybridized carbons (Fsp3) is 0.611. The third-order valence-corrected chi connectivity index (χ3v) is 4.35. The molecule has 8 heteroatoms. The summed E-state index contributed by atoms with van der Waals surface area (Å²) in [6.07, 6.45) is 9.15. The second-order valence-corrected chi connectivity index (χ2v) is 6.53. The molecule has 0 aliphatic heterocycles. The van der Waals surface area contributed by atoms with Gasteiger partial charge in [0.15, 0.2) is 23.3 Å². The number of carbonyl (C=O) groups is 1. The first kappa shape index (κ1) is 22.6. The van der Waals surface area contributed by atoms with E-state index in [1.165, 1.54) is 19.3 Å². The normalized spacial score (nSPS) is 11.0. The highest BCUT2D eigenvalue weighted by Gasteiger charge is 2.29. The Hall–Kier alpha value is -1.44. The molecule has 0 saturated heterocycles. The number of esters is 1. The lowest BCUT2D eigenvalue weighted by molar-refractivity contribution is 0.0484. The third kappa shape index (κ3) is 6.70. The zero-order chi connectivity index (χ0) is 19.5. The fourth-order valence-electron chi connectivity index (χ4n) is 2.52. The number of ether oxygens (including phenoxy) is 1. The van der Waals surface area contributed by atoms with Crippen LogP contribution in [0.5, 0.6) is 0 Å². The zero-order valence-electron chi connectivity index (χ0n) is 14.6. The van der Waals surface area contributed by atoms with Crippen molar-refractivity contribution in [2.24, 2.45) is 0 Å². The summed E-state index contributed by atoms with van der Waals surface area (Å²) in [5.74, 6) is -7.81. The number of rotatable bonds is 12. The van der Waals surface area contributed by atoms with Crippen LogP contribution < -0.4 is 5.73 Å². The summed E-state index contributed by atoms with van der Waals surface area (Å²) in [5, 5.41) is 0. The van der Waals surface area contributed by atoms with E-state index in [0.29, 0.717) is 6.42 Å². The van der Waals surface area contributed by atoms with Crippen LogP contribution in [0.4, 0.5) is 23.2 Å². The number of hydrogen-bond acceptors (Lipinski definition) is 4. The van der Waals surface area contributed by atoms with Gasteiger partial charge in [0.05, 0.1) is 6.61 Å². The molecule has 1 aromatic rings. The number of benzene rings is 1. The van der Waals surface area contributed by atoms with E-state index in [1.807, 2.05) is 0 Å². The second-order valence-electron chi connectivity index (χ2n) is 6.09. The van der Waals surface area contributed by atoms with Crippen molar-refractivity contribution in [1.29, 1.82) is 0 Å². The van der Waals surface area contributed by atoms with Gasteiger partial charge in [0, 0.05) is 0 Å². The summed E-state index contributed by atoms with van der Waals surface area (Å²) in [6, 6.07) is 0. The average molecular weight is 395 g/mol. The van der Waals surface area contributed by atoms with Crippen LogP contribution in [0.2, 0.25) is 0 Å². The molecule has 26 heavy (non-hydrogen) atoms. The molecule has 3 nitrogen and oxygen atoms in total. The zero-order valence-corrected chi connectivity index (χ0v) is 15.5. The monoisotopic (exact) mass is 395 g/mol. The van der Waals surface area contributed by atoms with E-state index in [1.54, 1.807) is 0 Å². The van der Waals surface area contributed by atoms with Crippen LogP contribution >= 0.6 is 12.6 Å². The van der Waals surface area contributed by atoms with Crippen molar-refractivity contribution in [3.8, 4) is 0 Å². The maximum absolute atomic E-state index is 13.6. The van der Waals surface area contributed by atoms with Gasteiger partial charge in [-0.3, -0.25) is 0 Å². The van der Waals surface area contributed by atoms with Crippen LogP contribution in [0, 0.1) is 23.3 Å². The van der Waals surface area contributed by atoms with E-state index in [-0.39, 0.29) is 6.61 Å². The number of thiol groups is 1. The highest BCUT2D eigenvalue weighted by molar-refractivity contribution is 7.80. The number of carbonyl (C=O) groups excluding carboxylic acids is 1. The maximum atomic E-state index is 13.6. The number of nitrogens with two attached hydrogens (primary N) is 1. The van der Waals surface area contributed by atoms with Crippen molar-refractivity contribution in [2.75, 3.05) is 18.1 Å². The lowest BCUT2D eigenvalue weighted by Gasteiger charge is -2.09. The predicted molar refractivity (Wildman–Crippen MR) is 96.4 cm³/mol. The highest BCUT2D eigenvalue weighted by Crippen LogP contribution is 2.26. The van der Waals surface area contributed by atoms with E-state index < -0.39 is 40.5 Å². The molecule has 0 amide bonds. The van der Waals surface area contributed by atoms with Crippen molar-refractivity contribution in [3.63, 3.8) is 0 Å². The van der Waals surface area contributed by atoms with Crippen LogP contribution in [0.3, 0.4) is 0 Å². The Bertz CT molecular complexity index is 570. The lowest BCUT2D eigenvalue weighted by Crippen LogP contribution is -2.16. The SMILES string of the molecule is Nc1c(F)c(F)c(C(=O)OCCCCCCCCCCCS)c(F)c1F. The van der Waals surface area contributed by atoms with Crippen molar-refractivity contribution < 1.29 is 27.1 Å². The van der Waals surface area contributed by atoms with Crippen molar-refractivity contribution in [1.82, 2.24) is 0 Å². The smallest absolute Gasteiger partial charge is 0.344 e. The molecule has 0 atom stereocenters. The Morgan fingerprint density at radius 2 is 1.19 bits per heavy atom. The van der Waals surface area contributed by atoms with Crippen LogP contribution in [0.15, 0.2) is 0 Å². The summed E-state index contributed by atoms with van der Waals surface area (Å²) in [6.45, 7) is -0.0761. The topological polar surface area (TPSA) is 52.3 Å². The second kappa shape index (κ2) is 12.0. The van der Waals surface area contributed by atoms with Gasteiger partial charge in [-0.05, 0) is 18.6 Å². The molecule has 0 aliphatic carbocycles. The van der Waals surface area contributed by atoms with Gasteiger partial charge in [-0.1, -0.05) is 44.9 Å². The van der Waals surface area contributed by atoms with Gasteiger partial charge < -0.3 is 10.5 Å². The van der Waals surface area contributed by atoms with Crippen LogP contribution in [-0.4, -0.2) is 18.3 Å². The molecule has 0 saturated carbocycles. The van der Waals surface area contributed by atoms with Gasteiger partial charge in [-0.25, -0.2) is 22.4 Å². The largest absolute Gasteiger partial charge is 0.462 e. The van der Waals surface area contributed by atoms with Gasteiger partial charge in [0.1, 0.15) is 11.3 Å². The molecule has 0 aliphatic rings. The fourth-order valence-corrected chi connectivity index (χ4v) is 2.74.